The van der Waals surface area contributed by atoms with E-state index in [9.17, 15) is 28.8 Å². The number of hydrogen-bond donors (Lipinski definition) is 0. The number of hydrazone groups is 1. The Morgan fingerprint density at radius 2 is 0.889 bits per heavy atom. The van der Waals surface area contributed by atoms with Crippen LogP contribution in [0.4, 0.5) is 5.13 Å². The molecule has 0 spiro atoms. The molecule has 0 N–H and O–H groups in total. The maximum atomic E-state index is 14.1. The van der Waals surface area contributed by atoms with Crippen LogP contribution < -0.4 is 33.4 Å². The van der Waals surface area contributed by atoms with Gasteiger partial charge in [0.15, 0.2) is 0 Å². The van der Waals surface area contributed by atoms with Gasteiger partial charge in [-0.2, -0.15) is 5.10 Å². The van der Waals surface area contributed by atoms with Gasteiger partial charge in [0, 0.05) is 24.3 Å². The summed E-state index contributed by atoms with van der Waals surface area (Å²) < 4.78 is 46.6. The minimum absolute atomic E-state index is 0.250. The maximum Gasteiger partial charge on any atom is 0.330 e. The molecule has 4 aromatic carbocycles. The molecule has 1 aromatic heterocycles. The van der Waals surface area contributed by atoms with Crippen LogP contribution in [0, 0.1) is 23.7 Å². The van der Waals surface area contributed by atoms with Gasteiger partial charge in [-0.15, -0.1) is 0 Å². The van der Waals surface area contributed by atoms with Crippen molar-refractivity contribution in [1.82, 2.24) is 4.98 Å². The number of aromatic nitrogens is 1. The van der Waals surface area contributed by atoms with E-state index in [-0.39, 0.29) is 35.3 Å². The molecular weight excluding hydrogens is 1160 g/mol. The number of nitrogens with zero attached hydrogens (tertiary/aromatic N) is 3. The van der Waals surface area contributed by atoms with E-state index in [0.29, 0.717) is 113 Å². The summed E-state index contributed by atoms with van der Waals surface area (Å²) in [4.78, 5) is 82.0. The molecule has 0 unspecified atom stereocenters. The third kappa shape index (κ3) is 24.5. The van der Waals surface area contributed by atoms with Gasteiger partial charge >= 0.3 is 35.8 Å². The van der Waals surface area contributed by atoms with Crippen LogP contribution in [0.25, 0.3) is 10.2 Å². The van der Waals surface area contributed by atoms with Crippen LogP contribution in [0.3, 0.4) is 0 Å². The highest BCUT2D eigenvalue weighted by atomic mass is 32.1. The van der Waals surface area contributed by atoms with Crippen LogP contribution in [0.5, 0.6) is 34.5 Å². The number of unbranched alkanes of at least 4 members (excludes halogenated alkanes) is 15. The number of anilines is 1. The summed E-state index contributed by atoms with van der Waals surface area (Å²) in [5, 5.41) is 7.64. The highest BCUT2D eigenvalue weighted by Crippen LogP contribution is 2.36. The van der Waals surface area contributed by atoms with Crippen LogP contribution in [-0.2, 0) is 38.2 Å². The van der Waals surface area contributed by atoms with Crippen LogP contribution in [-0.4, -0.2) is 80.0 Å². The normalized spacial score (nSPS) is 16.4. The first-order valence-electron chi connectivity index (χ1n) is 32.7. The number of thiazole rings is 1. The van der Waals surface area contributed by atoms with Crippen molar-refractivity contribution >= 4 is 68.7 Å². The lowest BCUT2D eigenvalue weighted by atomic mass is 9.82. The standard InChI is InChI=1S/C72H91N3O14S/c1-4-7-8-9-10-11-12-13-14-21-46-75(72-74-63-26-19-20-27-65(63)90-72)73-52-57-51-62(88-70(80)55-30-28-53(29-31-55)68(78)86-60-40-36-58(37-41-60)82-47-22-15-17-24-49-84-66(76)5-2)44-45-64(57)89-71(81)56-34-32-54(33-35-56)69(79)87-61-42-38-59(39-43-61)83-48-23-16-18-25-50-85-67(77)6-3/h5-6,19-20,26-27,36-45,51-56H,2-4,7-18,21-25,28-35,46-50H2,1H3/b73-52+. The smallest absolute Gasteiger partial charge is 0.330 e. The Hall–Kier alpha value is -7.86. The summed E-state index contributed by atoms with van der Waals surface area (Å²) in [7, 11) is 0. The van der Waals surface area contributed by atoms with E-state index in [4.69, 9.17) is 48.0 Å². The monoisotopic (exact) mass is 1250 g/mol. The predicted molar refractivity (Wildman–Crippen MR) is 349 cm³/mol. The molecule has 0 amide bonds. The number of fused-ring (bicyclic) bond motifs is 1. The second-order valence-electron chi connectivity index (χ2n) is 23.2. The molecule has 17 nitrogen and oxygen atoms in total. The number of carbonyl (C=O) groups excluding carboxylic acids is 6. The van der Waals surface area contributed by atoms with E-state index >= 15 is 0 Å². The summed E-state index contributed by atoms with van der Waals surface area (Å²) in [6, 6.07) is 26.8. The van der Waals surface area contributed by atoms with Crippen molar-refractivity contribution < 1.29 is 66.7 Å². The van der Waals surface area contributed by atoms with Gasteiger partial charge in [0.2, 0.25) is 5.13 Å². The van der Waals surface area contributed by atoms with Crippen molar-refractivity contribution in [2.45, 2.75) is 174 Å². The summed E-state index contributed by atoms with van der Waals surface area (Å²) in [6.45, 7) is 11.5. The van der Waals surface area contributed by atoms with Gasteiger partial charge in [-0.25, -0.2) is 19.6 Å². The summed E-state index contributed by atoms with van der Waals surface area (Å²) in [6.07, 6.45) is 26.4. The molecule has 0 atom stereocenters. The number of ether oxygens (including phenoxy) is 8. The second kappa shape index (κ2) is 39.3. The molecule has 0 saturated heterocycles. The fourth-order valence-corrected chi connectivity index (χ4v) is 11.9. The highest BCUT2D eigenvalue weighted by molar-refractivity contribution is 7.22. The minimum atomic E-state index is -0.465. The van der Waals surface area contributed by atoms with Gasteiger partial charge in [0.05, 0.1) is 66.5 Å². The first-order chi connectivity index (χ1) is 44.0. The third-order valence-corrected chi connectivity index (χ3v) is 17.3. The van der Waals surface area contributed by atoms with Crippen molar-refractivity contribution in [2.24, 2.45) is 28.8 Å². The lowest BCUT2D eigenvalue weighted by Gasteiger charge is -2.26. The Morgan fingerprint density at radius 1 is 0.489 bits per heavy atom. The molecule has 0 bridgehead atoms. The largest absolute Gasteiger partial charge is 0.494 e. The van der Waals surface area contributed by atoms with Crippen LogP contribution in [0.15, 0.2) is 121 Å². The number of esters is 6. The molecule has 2 fully saturated rings. The van der Waals surface area contributed by atoms with E-state index in [2.05, 4.69) is 20.1 Å². The molecule has 0 aliphatic heterocycles. The van der Waals surface area contributed by atoms with Crippen LogP contribution in [0.2, 0.25) is 0 Å². The van der Waals surface area contributed by atoms with Crippen LogP contribution >= 0.6 is 11.3 Å². The van der Waals surface area contributed by atoms with Gasteiger partial charge in [0.1, 0.15) is 34.5 Å². The number of carbonyl (C=O) groups is 6. The molecular formula is C72H91N3O14S. The van der Waals surface area contributed by atoms with E-state index in [0.717, 1.165) is 98.1 Å². The van der Waals surface area contributed by atoms with Gasteiger partial charge in [-0.05, 0) is 188 Å². The minimum Gasteiger partial charge on any atom is -0.494 e. The Balaban J connectivity index is 0.930. The van der Waals surface area contributed by atoms with Crippen molar-refractivity contribution in [1.29, 1.82) is 0 Å². The van der Waals surface area contributed by atoms with E-state index in [1.807, 2.05) is 29.3 Å². The quantitative estimate of drug-likeness (QED) is 0.00893. The van der Waals surface area contributed by atoms with Gasteiger partial charge in [-0.3, -0.25) is 19.2 Å². The van der Waals surface area contributed by atoms with Gasteiger partial charge in [0.25, 0.3) is 0 Å². The first-order valence-corrected chi connectivity index (χ1v) is 33.5. The summed E-state index contributed by atoms with van der Waals surface area (Å²) >= 11 is 1.55. The summed E-state index contributed by atoms with van der Waals surface area (Å²) in [5.74, 6) is -1.37. The van der Waals surface area contributed by atoms with Gasteiger partial charge < -0.3 is 37.9 Å². The molecule has 2 saturated carbocycles. The fourth-order valence-electron chi connectivity index (χ4n) is 10.9. The molecule has 5 aromatic rings. The average molecular weight is 1250 g/mol. The molecule has 7 rings (SSSR count). The third-order valence-electron chi connectivity index (χ3n) is 16.3. The van der Waals surface area contributed by atoms with Crippen molar-refractivity contribution in [3.05, 3.63) is 122 Å². The number of benzene rings is 4. The molecule has 484 valence electrons. The molecule has 0 radical (unpaired) electrons. The van der Waals surface area contributed by atoms with E-state index in [1.54, 1.807) is 84.3 Å². The number of hydrogen-bond acceptors (Lipinski definition) is 18. The zero-order chi connectivity index (χ0) is 63.6. The zero-order valence-electron chi connectivity index (χ0n) is 52.5. The Kier molecular flexibility index (Phi) is 30.4. The Labute approximate surface area is 534 Å². The first kappa shape index (κ1) is 69.6. The number of para-hydroxylation sites is 1. The number of rotatable bonds is 40. The zero-order valence-corrected chi connectivity index (χ0v) is 53.3. The molecule has 18 heteroatoms. The topological polar surface area (TPSA) is 205 Å². The Morgan fingerprint density at radius 3 is 1.36 bits per heavy atom. The molecule has 2 aliphatic rings. The molecule has 2 aliphatic carbocycles. The van der Waals surface area contributed by atoms with Crippen LogP contribution in [0.1, 0.15) is 179 Å². The van der Waals surface area contributed by atoms with Crippen molar-refractivity contribution in [2.75, 3.05) is 38.0 Å². The summed E-state index contributed by atoms with van der Waals surface area (Å²) in [5.41, 5.74) is 1.31. The lowest BCUT2D eigenvalue weighted by molar-refractivity contribution is -0.145. The Bertz CT molecular complexity index is 3040. The SMILES string of the molecule is C=CC(=O)OCCCCCCOc1ccc(OC(=O)C2CCC(C(=O)Oc3ccc(OC(=O)C4CCC(C(=O)Oc5ccc(OCCCCCCOC(=O)C=C)cc5)CC4)c(/C=N/N(CCCCCCCCCCCC)c4nc5ccccc5s4)c3)CC2)cc1. The van der Waals surface area contributed by atoms with Gasteiger partial charge in [-0.1, -0.05) is 101 Å². The maximum absolute atomic E-state index is 14.1. The van der Waals surface area contributed by atoms with E-state index in [1.165, 1.54) is 44.9 Å². The molecule has 90 heavy (non-hydrogen) atoms. The van der Waals surface area contributed by atoms with Crippen molar-refractivity contribution in [3.8, 4) is 34.5 Å². The second-order valence-corrected chi connectivity index (χ2v) is 24.2. The predicted octanol–water partition coefficient (Wildman–Crippen LogP) is 16.0. The molecule has 1 heterocycles. The highest BCUT2D eigenvalue weighted by Gasteiger charge is 2.34. The lowest BCUT2D eigenvalue weighted by Crippen LogP contribution is -2.30. The van der Waals surface area contributed by atoms with E-state index < -0.39 is 35.7 Å². The average Bonchev–Trinajstić information content (AvgIpc) is 1.90. The van der Waals surface area contributed by atoms with Crippen molar-refractivity contribution in [3.63, 3.8) is 0 Å². The fraction of sp³-hybridized carbons (Fsp3) is 0.500.